The second-order valence-electron chi connectivity index (χ2n) is 5.95. The van der Waals surface area contributed by atoms with Gasteiger partial charge in [0.25, 0.3) is 0 Å². The molecule has 2 N–H and O–H groups in total. The van der Waals surface area contributed by atoms with Crippen molar-refractivity contribution in [3.8, 4) is 0 Å². The number of anilines is 3. The van der Waals surface area contributed by atoms with Crippen LogP contribution in [-0.4, -0.2) is 24.0 Å². The summed E-state index contributed by atoms with van der Waals surface area (Å²) in [6.07, 6.45) is 1.78. The van der Waals surface area contributed by atoms with E-state index in [2.05, 4.69) is 15.6 Å². The van der Waals surface area contributed by atoms with Gasteiger partial charge in [-0.25, -0.2) is 9.78 Å². The first kappa shape index (κ1) is 19.4. The summed E-state index contributed by atoms with van der Waals surface area (Å²) < 4.78 is 4.78. The molecule has 0 spiro atoms. The van der Waals surface area contributed by atoms with Crippen LogP contribution in [0, 0.1) is 0 Å². The summed E-state index contributed by atoms with van der Waals surface area (Å²) in [6, 6.07) is 17.6. The highest BCUT2D eigenvalue weighted by atomic mass is 35.5. The van der Waals surface area contributed by atoms with Crippen molar-refractivity contribution in [3.63, 3.8) is 0 Å². The quantitative estimate of drug-likeness (QED) is 0.603. The Kier molecular flexibility index (Phi) is 6.24. The van der Waals surface area contributed by atoms with Crippen LogP contribution in [0.1, 0.15) is 15.9 Å². The highest BCUT2D eigenvalue weighted by Gasteiger charge is 2.11. The Morgan fingerprint density at radius 2 is 1.79 bits per heavy atom. The van der Waals surface area contributed by atoms with Gasteiger partial charge in [0.05, 0.1) is 36.7 Å². The summed E-state index contributed by atoms with van der Waals surface area (Å²) in [6.45, 7) is 0. The zero-order valence-electron chi connectivity index (χ0n) is 15.1. The highest BCUT2D eigenvalue weighted by molar-refractivity contribution is 6.30. The fourth-order valence-electron chi connectivity index (χ4n) is 2.55. The fraction of sp³-hybridized carbons (Fsp3) is 0.0952. The Morgan fingerprint density at radius 3 is 2.46 bits per heavy atom. The van der Waals surface area contributed by atoms with E-state index in [1.165, 1.54) is 7.11 Å². The van der Waals surface area contributed by atoms with E-state index in [1.54, 1.807) is 54.7 Å². The van der Waals surface area contributed by atoms with Crippen molar-refractivity contribution < 1.29 is 14.3 Å². The minimum absolute atomic E-state index is 0.152. The van der Waals surface area contributed by atoms with Crippen molar-refractivity contribution in [2.24, 2.45) is 0 Å². The topological polar surface area (TPSA) is 80.3 Å². The molecule has 1 aromatic heterocycles. The molecular weight excluding hydrogens is 378 g/mol. The lowest BCUT2D eigenvalue weighted by Crippen LogP contribution is -2.14. The van der Waals surface area contributed by atoms with Crippen LogP contribution in [-0.2, 0) is 16.0 Å². The van der Waals surface area contributed by atoms with Crippen molar-refractivity contribution in [3.05, 3.63) is 83.0 Å². The molecule has 0 aliphatic heterocycles. The summed E-state index contributed by atoms with van der Waals surface area (Å²) >= 11 is 5.85. The Balaban J connectivity index is 1.63. The fourth-order valence-corrected chi connectivity index (χ4v) is 2.68. The number of nitrogens with zero attached hydrogens (tertiary/aromatic N) is 1. The van der Waals surface area contributed by atoms with E-state index in [0.29, 0.717) is 27.8 Å². The molecule has 0 atom stereocenters. The molecular formula is C21H18ClN3O3. The van der Waals surface area contributed by atoms with Gasteiger partial charge < -0.3 is 15.4 Å². The second-order valence-corrected chi connectivity index (χ2v) is 6.38. The van der Waals surface area contributed by atoms with Gasteiger partial charge in [-0.15, -0.1) is 0 Å². The molecule has 3 rings (SSSR count). The smallest absolute Gasteiger partial charge is 0.339 e. The molecule has 0 radical (unpaired) electrons. The first-order valence-corrected chi connectivity index (χ1v) is 8.87. The number of carbonyl (C=O) groups is 2. The minimum Gasteiger partial charge on any atom is -0.465 e. The molecule has 0 unspecified atom stereocenters. The number of halogens is 1. The maximum atomic E-state index is 12.2. The molecule has 0 fully saturated rings. The summed E-state index contributed by atoms with van der Waals surface area (Å²) in [4.78, 5) is 28.3. The van der Waals surface area contributed by atoms with Crippen LogP contribution < -0.4 is 10.6 Å². The molecule has 0 saturated heterocycles. The van der Waals surface area contributed by atoms with Gasteiger partial charge in [0.1, 0.15) is 5.82 Å². The van der Waals surface area contributed by atoms with Crippen molar-refractivity contribution >= 4 is 40.7 Å². The summed E-state index contributed by atoms with van der Waals surface area (Å²) in [5.41, 5.74) is 2.44. The van der Waals surface area contributed by atoms with E-state index in [9.17, 15) is 9.59 Å². The maximum Gasteiger partial charge on any atom is 0.339 e. The Morgan fingerprint density at radius 1 is 1.04 bits per heavy atom. The van der Waals surface area contributed by atoms with Gasteiger partial charge in [-0.05, 0) is 42.0 Å². The molecule has 0 aliphatic rings. The minimum atomic E-state index is -0.436. The van der Waals surface area contributed by atoms with Crippen LogP contribution >= 0.6 is 11.6 Å². The van der Waals surface area contributed by atoms with Crippen LogP contribution in [0.15, 0.2) is 66.9 Å². The highest BCUT2D eigenvalue weighted by Crippen LogP contribution is 2.21. The van der Waals surface area contributed by atoms with E-state index < -0.39 is 5.97 Å². The molecule has 0 aliphatic carbocycles. The summed E-state index contributed by atoms with van der Waals surface area (Å²) in [5, 5.41) is 6.50. The number of esters is 1. The molecule has 142 valence electrons. The van der Waals surface area contributed by atoms with Crippen LogP contribution in [0.4, 0.5) is 17.2 Å². The number of amides is 1. The lowest BCUT2D eigenvalue weighted by Gasteiger charge is -2.11. The Labute approximate surface area is 167 Å². The number of rotatable bonds is 6. The molecule has 1 heterocycles. The zero-order valence-corrected chi connectivity index (χ0v) is 15.9. The summed E-state index contributed by atoms with van der Waals surface area (Å²) in [5.74, 6) is -0.0536. The molecule has 3 aromatic rings. The predicted octanol–water partition coefficient (Wildman–Crippen LogP) is 4.45. The Hall–Kier alpha value is -3.38. The number of carbonyl (C=O) groups excluding carboxylic acids is 2. The average molecular weight is 396 g/mol. The van der Waals surface area contributed by atoms with Gasteiger partial charge in [0.2, 0.25) is 5.91 Å². The monoisotopic (exact) mass is 395 g/mol. The van der Waals surface area contributed by atoms with Gasteiger partial charge in [-0.3, -0.25) is 4.79 Å². The number of para-hydroxylation sites is 1. The summed E-state index contributed by atoms with van der Waals surface area (Å²) in [7, 11) is 1.33. The molecule has 6 nitrogen and oxygen atoms in total. The van der Waals surface area contributed by atoms with Crippen molar-refractivity contribution in [2.45, 2.75) is 6.42 Å². The standard InChI is InChI=1S/C21H18ClN3O3/c1-28-21(27)17-4-2-3-5-18(17)25-19-11-10-16(13-23-19)24-20(26)12-14-6-8-15(22)9-7-14/h2-11,13H,12H2,1H3,(H,23,25)(H,24,26). The van der Waals surface area contributed by atoms with Crippen LogP contribution in [0.3, 0.4) is 0 Å². The van der Waals surface area contributed by atoms with Crippen molar-refractivity contribution in [2.75, 3.05) is 17.7 Å². The molecule has 0 saturated carbocycles. The number of pyridine rings is 1. The van der Waals surface area contributed by atoms with Crippen LogP contribution in [0.2, 0.25) is 5.02 Å². The molecule has 1 amide bonds. The Bertz CT molecular complexity index is 973. The number of ether oxygens (including phenoxy) is 1. The maximum absolute atomic E-state index is 12.2. The number of aromatic nitrogens is 1. The largest absolute Gasteiger partial charge is 0.465 e. The predicted molar refractivity (Wildman–Crippen MR) is 109 cm³/mol. The second kappa shape index (κ2) is 9.01. The normalized spacial score (nSPS) is 10.2. The lowest BCUT2D eigenvalue weighted by molar-refractivity contribution is -0.115. The van der Waals surface area contributed by atoms with E-state index in [0.717, 1.165) is 5.56 Å². The lowest BCUT2D eigenvalue weighted by atomic mass is 10.1. The molecule has 28 heavy (non-hydrogen) atoms. The van der Waals surface area contributed by atoms with Gasteiger partial charge in [-0.1, -0.05) is 35.9 Å². The average Bonchev–Trinajstić information content (AvgIpc) is 2.71. The third kappa shape index (κ3) is 5.08. The molecule has 0 bridgehead atoms. The van der Waals surface area contributed by atoms with Crippen molar-refractivity contribution in [1.82, 2.24) is 4.98 Å². The number of methoxy groups -OCH3 is 1. The van der Waals surface area contributed by atoms with Crippen LogP contribution in [0.5, 0.6) is 0 Å². The SMILES string of the molecule is COC(=O)c1ccccc1Nc1ccc(NC(=O)Cc2ccc(Cl)cc2)cn1. The number of nitrogens with one attached hydrogen (secondary N) is 2. The number of hydrogen-bond donors (Lipinski definition) is 2. The zero-order chi connectivity index (χ0) is 19.9. The first-order chi connectivity index (χ1) is 13.5. The first-order valence-electron chi connectivity index (χ1n) is 8.50. The van der Waals surface area contributed by atoms with Gasteiger partial charge >= 0.3 is 5.97 Å². The number of hydrogen-bond acceptors (Lipinski definition) is 5. The van der Waals surface area contributed by atoms with Crippen molar-refractivity contribution in [1.29, 1.82) is 0 Å². The van der Waals surface area contributed by atoms with E-state index >= 15 is 0 Å². The van der Waals surface area contributed by atoms with E-state index in [1.807, 2.05) is 12.1 Å². The van der Waals surface area contributed by atoms with Gasteiger partial charge in [0.15, 0.2) is 0 Å². The van der Waals surface area contributed by atoms with E-state index in [4.69, 9.17) is 16.3 Å². The molecule has 2 aromatic carbocycles. The van der Waals surface area contributed by atoms with Gasteiger partial charge in [-0.2, -0.15) is 0 Å². The molecule has 7 heteroatoms. The van der Waals surface area contributed by atoms with E-state index in [-0.39, 0.29) is 12.3 Å². The number of benzene rings is 2. The van der Waals surface area contributed by atoms with Gasteiger partial charge in [0, 0.05) is 5.02 Å². The van der Waals surface area contributed by atoms with Crippen LogP contribution in [0.25, 0.3) is 0 Å². The third-order valence-corrected chi connectivity index (χ3v) is 4.17. The third-order valence-electron chi connectivity index (χ3n) is 3.92.